The van der Waals surface area contributed by atoms with Crippen molar-refractivity contribution in [2.45, 2.75) is 45.8 Å². The number of aromatic amines is 1. The number of rotatable bonds is 4. The van der Waals surface area contributed by atoms with Gasteiger partial charge in [0.25, 0.3) is 0 Å². The van der Waals surface area contributed by atoms with E-state index in [2.05, 4.69) is 15.0 Å². The zero-order chi connectivity index (χ0) is 19.1. The highest BCUT2D eigenvalue weighted by Gasteiger charge is 2.52. The lowest BCUT2D eigenvalue weighted by molar-refractivity contribution is -0.109. The molecule has 0 atom stereocenters. The number of thioether (sulfide) groups is 1. The Morgan fingerprint density at radius 2 is 1.96 bits per heavy atom. The first-order valence-electron chi connectivity index (χ1n) is 8.28. The SMILES string of the molecule is CC(=O)SCC(=Cc1c[nH]c2c(Cl)ncnc12)B1OC(C)(C)C(C)(C)O1. The minimum Gasteiger partial charge on any atom is -0.400 e. The van der Waals surface area contributed by atoms with Gasteiger partial charge in [0, 0.05) is 24.4 Å². The predicted molar refractivity (Wildman–Crippen MR) is 106 cm³/mol. The first kappa shape index (κ1) is 19.4. The predicted octanol–water partition coefficient (Wildman–Crippen LogP) is 3.91. The van der Waals surface area contributed by atoms with E-state index in [-0.39, 0.29) is 5.12 Å². The highest BCUT2D eigenvalue weighted by atomic mass is 35.5. The Morgan fingerprint density at radius 1 is 1.31 bits per heavy atom. The highest BCUT2D eigenvalue weighted by molar-refractivity contribution is 8.13. The lowest BCUT2D eigenvalue weighted by atomic mass is 9.78. The summed E-state index contributed by atoms with van der Waals surface area (Å²) in [7, 11) is -0.533. The van der Waals surface area contributed by atoms with Gasteiger partial charge in [-0.05, 0) is 33.2 Å². The molecule has 6 nitrogen and oxygen atoms in total. The van der Waals surface area contributed by atoms with Gasteiger partial charge in [0.1, 0.15) is 17.4 Å². The molecule has 138 valence electrons. The summed E-state index contributed by atoms with van der Waals surface area (Å²) < 4.78 is 12.3. The van der Waals surface area contributed by atoms with Crippen LogP contribution in [-0.2, 0) is 14.1 Å². The van der Waals surface area contributed by atoms with Crippen LogP contribution in [0.5, 0.6) is 0 Å². The largest absolute Gasteiger partial charge is 0.491 e. The van der Waals surface area contributed by atoms with Crippen LogP contribution >= 0.6 is 23.4 Å². The first-order chi connectivity index (χ1) is 12.1. The van der Waals surface area contributed by atoms with Gasteiger partial charge in [-0.3, -0.25) is 4.79 Å². The quantitative estimate of drug-likeness (QED) is 0.627. The third-order valence-electron chi connectivity index (χ3n) is 4.79. The van der Waals surface area contributed by atoms with Crippen molar-refractivity contribution < 1.29 is 14.1 Å². The number of halogens is 1. The summed E-state index contributed by atoms with van der Waals surface area (Å²) in [5.74, 6) is 0.470. The van der Waals surface area contributed by atoms with Gasteiger partial charge in [-0.15, -0.1) is 0 Å². The molecule has 1 N–H and O–H groups in total. The molecule has 1 fully saturated rings. The van der Waals surface area contributed by atoms with E-state index < -0.39 is 18.3 Å². The van der Waals surface area contributed by atoms with E-state index >= 15 is 0 Å². The third kappa shape index (κ3) is 3.69. The molecular weight excluding hydrogens is 373 g/mol. The van der Waals surface area contributed by atoms with Gasteiger partial charge in [-0.2, -0.15) is 0 Å². The monoisotopic (exact) mass is 393 g/mol. The molecule has 0 unspecified atom stereocenters. The molecule has 0 amide bonds. The lowest BCUT2D eigenvalue weighted by Crippen LogP contribution is -2.41. The van der Waals surface area contributed by atoms with Gasteiger partial charge < -0.3 is 14.3 Å². The Hall–Kier alpha value is -1.35. The van der Waals surface area contributed by atoms with Crippen LogP contribution in [0.1, 0.15) is 40.2 Å². The van der Waals surface area contributed by atoms with Crippen molar-refractivity contribution in [3.8, 4) is 0 Å². The van der Waals surface area contributed by atoms with Crippen LogP contribution in [-0.4, -0.2) is 44.1 Å². The van der Waals surface area contributed by atoms with E-state index in [1.165, 1.54) is 18.1 Å². The van der Waals surface area contributed by atoms with Crippen molar-refractivity contribution in [1.29, 1.82) is 0 Å². The number of nitrogens with zero attached hydrogens (tertiary/aromatic N) is 2. The number of hydrogen-bond donors (Lipinski definition) is 1. The normalized spacial score (nSPS) is 19.3. The van der Waals surface area contributed by atoms with Crippen molar-refractivity contribution in [2.75, 3.05) is 5.75 Å². The van der Waals surface area contributed by atoms with Crippen LogP contribution in [0, 0.1) is 0 Å². The Balaban J connectivity index is 1.99. The summed E-state index contributed by atoms with van der Waals surface area (Å²) in [6.45, 7) is 9.55. The number of H-pyrrole nitrogens is 1. The van der Waals surface area contributed by atoms with Gasteiger partial charge in [0.05, 0.1) is 11.2 Å². The molecule has 1 saturated heterocycles. The van der Waals surface area contributed by atoms with E-state index in [0.717, 1.165) is 11.0 Å². The van der Waals surface area contributed by atoms with Gasteiger partial charge in [0.2, 0.25) is 0 Å². The molecular formula is C17H21BClN3O3S. The number of carbonyl (C=O) groups excluding carboxylic acids is 1. The molecule has 0 radical (unpaired) electrons. The van der Waals surface area contributed by atoms with Crippen LogP contribution in [0.15, 0.2) is 18.0 Å². The summed E-state index contributed by atoms with van der Waals surface area (Å²) >= 11 is 7.33. The van der Waals surface area contributed by atoms with Crippen LogP contribution in [0.3, 0.4) is 0 Å². The van der Waals surface area contributed by atoms with Crippen molar-refractivity contribution in [2.24, 2.45) is 0 Å². The molecule has 9 heteroatoms. The summed E-state index contributed by atoms with van der Waals surface area (Å²) in [6, 6.07) is 0. The van der Waals surface area contributed by atoms with Crippen molar-refractivity contribution in [3.63, 3.8) is 0 Å². The number of nitrogens with one attached hydrogen (secondary N) is 1. The second kappa shape index (κ2) is 7.00. The van der Waals surface area contributed by atoms with E-state index in [1.807, 2.05) is 40.0 Å². The summed E-state index contributed by atoms with van der Waals surface area (Å²) in [5, 5.41) is 0.404. The zero-order valence-corrected chi connectivity index (χ0v) is 17.0. The molecule has 1 aliphatic heterocycles. The summed E-state index contributed by atoms with van der Waals surface area (Å²) in [4.78, 5) is 22.9. The Kier molecular flexibility index (Phi) is 5.23. The van der Waals surface area contributed by atoms with Crippen LogP contribution < -0.4 is 0 Å². The molecule has 0 aromatic carbocycles. The highest BCUT2D eigenvalue weighted by Crippen LogP contribution is 2.39. The Bertz CT molecular complexity index is 865. The number of aromatic nitrogens is 3. The second-order valence-electron chi connectivity index (χ2n) is 7.22. The Morgan fingerprint density at radius 3 is 2.58 bits per heavy atom. The Labute approximate surface area is 162 Å². The van der Waals surface area contributed by atoms with Crippen molar-refractivity contribution in [3.05, 3.63) is 28.7 Å². The average Bonchev–Trinajstić information content (AvgIpc) is 3.03. The summed E-state index contributed by atoms with van der Waals surface area (Å²) in [5.41, 5.74) is 2.18. The molecule has 26 heavy (non-hydrogen) atoms. The fourth-order valence-electron chi connectivity index (χ4n) is 2.60. The van der Waals surface area contributed by atoms with E-state index in [9.17, 15) is 4.79 Å². The first-order valence-corrected chi connectivity index (χ1v) is 9.64. The molecule has 1 aliphatic rings. The maximum absolute atomic E-state index is 11.5. The molecule has 3 rings (SSSR count). The van der Waals surface area contributed by atoms with Crippen LogP contribution in [0.4, 0.5) is 0 Å². The van der Waals surface area contributed by atoms with Crippen molar-refractivity contribution >= 4 is 52.7 Å². The minimum atomic E-state index is -0.533. The molecule has 2 aromatic rings. The second-order valence-corrected chi connectivity index (χ2v) is 8.73. The van der Waals surface area contributed by atoms with Gasteiger partial charge in [0.15, 0.2) is 10.3 Å². The standard InChI is InChI=1S/C17H21BClN3O3S/c1-10(23)26-8-12(18-24-16(2,3)17(4,5)25-18)6-11-7-20-14-13(11)21-9-22-15(14)19/h6-7,9,20H,8H2,1-5H3. The molecule has 0 spiro atoms. The topological polar surface area (TPSA) is 77.1 Å². The minimum absolute atomic E-state index is 0.0386. The fourth-order valence-corrected chi connectivity index (χ4v) is 3.37. The molecule has 0 bridgehead atoms. The maximum atomic E-state index is 11.5. The maximum Gasteiger partial charge on any atom is 0.491 e. The molecule has 0 saturated carbocycles. The van der Waals surface area contributed by atoms with E-state index in [0.29, 0.717) is 21.9 Å². The smallest absolute Gasteiger partial charge is 0.400 e. The van der Waals surface area contributed by atoms with Crippen LogP contribution in [0.2, 0.25) is 5.15 Å². The zero-order valence-electron chi connectivity index (χ0n) is 15.4. The summed E-state index contributed by atoms with van der Waals surface area (Å²) in [6.07, 6.45) is 5.18. The molecule has 0 aliphatic carbocycles. The van der Waals surface area contributed by atoms with Crippen LogP contribution in [0.25, 0.3) is 17.1 Å². The number of hydrogen-bond acceptors (Lipinski definition) is 6. The third-order valence-corrected chi connectivity index (χ3v) is 5.96. The molecule has 3 heterocycles. The lowest BCUT2D eigenvalue weighted by Gasteiger charge is -2.32. The van der Waals surface area contributed by atoms with Gasteiger partial charge in [-0.1, -0.05) is 29.4 Å². The average molecular weight is 394 g/mol. The fraction of sp³-hybridized carbons (Fsp3) is 0.471. The number of carbonyl (C=O) groups is 1. The molecule has 2 aromatic heterocycles. The van der Waals surface area contributed by atoms with E-state index in [4.69, 9.17) is 20.9 Å². The van der Waals surface area contributed by atoms with Gasteiger partial charge in [-0.25, -0.2) is 9.97 Å². The number of fused-ring (bicyclic) bond motifs is 1. The van der Waals surface area contributed by atoms with Gasteiger partial charge >= 0.3 is 7.12 Å². The van der Waals surface area contributed by atoms with E-state index in [1.54, 1.807) is 6.92 Å². The van der Waals surface area contributed by atoms with Crippen molar-refractivity contribution in [1.82, 2.24) is 15.0 Å².